The van der Waals surface area contributed by atoms with E-state index in [0.717, 1.165) is 17.9 Å². The Bertz CT molecular complexity index is 413. The summed E-state index contributed by atoms with van der Waals surface area (Å²) in [6.45, 7) is 2.77. The van der Waals surface area contributed by atoms with Gasteiger partial charge in [-0.2, -0.15) is 0 Å². The van der Waals surface area contributed by atoms with E-state index in [-0.39, 0.29) is 0 Å². The first kappa shape index (κ1) is 13.1. The van der Waals surface area contributed by atoms with E-state index < -0.39 is 0 Å². The van der Waals surface area contributed by atoms with Crippen molar-refractivity contribution in [2.45, 2.75) is 70.3 Å². The summed E-state index contributed by atoms with van der Waals surface area (Å²) in [5.74, 6) is 1.98. The Morgan fingerprint density at radius 1 is 0.900 bits per heavy atom. The number of allylic oxidation sites excluding steroid dienone is 4. The van der Waals surface area contributed by atoms with Crippen LogP contribution in [-0.4, -0.2) is 24.0 Å². The Labute approximate surface area is 124 Å². The van der Waals surface area contributed by atoms with Crippen LogP contribution in [0.15, 0.2) is 23.3 Å². The molecule has 3 aliphatic carbocycles. The van der Waals surface area contributed by atoms with E-state index >= 15 is 0 Å². The largest absolute Gasteiger partial charge is 0.300 e. The molecule has 0 amide bonds. The normalized spacial score (nSPS) is 38.5. The molecule has 2 fully saturated rings. The van der Waals surface area contributed by atoms with Crippen molar-refractivity contribution in [1.82, 2.24) is 4.90 Å². The molecule has 4 rings (SSSR count). The van der Waals surface area contributed by atoms with Gasteiger partial charge in [0.05, 0.1) is 0 Å². The van der Waals surface area contributed by atoms with E-state index in [1.165, 1.54) is 77.3 Å². The average molecular weight is 271 g/mol. The van der Waals surface area contributed by atoms with Crippen molar-refractivity contribution in [3.63, 3.8) is 0 Å². The molecule has 1 aliphatic heterocycles. The molecule has 0 aromatic carbocycles. The summed E-state index contributed by atoms with van der Waals surface area (Å²) < 4.78 is 0. The van der Waals surface area contributed by atoms with Crippen LogP contribution in [0.25, 0.3) is 0 Å². The lowest BCUT2D eigenvalue weighted by atomic mass is 9.64. The first-order valence-corrected chi connectivity index (χ1v) is 9.01. The Balaban J connectivity index is 1.50. The maximum Gasteiger partial charge on any atom is 0.0101 e. The first-order chi connectivity index (χ1) is 9.92. The zero-order chi connectivity index (χ0) is 13.4. The summed E-state index contributed by atoms with van der Waals surface area (Å²) in [7, 11) is 0. The van der Waals surface area contributed by atoms with Crippen molar-refractivity contribution in [3.8, 4) is 0 Å². The molecule has 1 nitrogen and oxygen atoms in total. The first-order valence-electron chi connectivity index (χ1n) is 9.01. The predicted molar refractivity (Wildman–Crippen MR) is 84.7 cm³/mol. The van der Waals surface area contributed by atoms with Gasteiger partial charge in [-0.25, -0.2) is 0 Å². The molecule has 1 heteroatoms. The maximum absolute atomic E-state index is 2.84. The Morgan fingerprint density at radius 2 is 1.75 bits per heavy atom. The number of fused-ring (bicyclic) bond motifs is 2. The minimum atomic E-state index is 0.911. The number of likely N-dealkylation sites (tertiary alicyclic amines) is 1. The number of rotatable bonds is 1. The van der Waals surface area contributed by atoms with Gasteiger partial charge in [0.25, 0.3) is 0 Å². The van der Waals surface area contributed by atoms with Gasteiger partial charge >= 0.3 is 0 Å². The monoisotopic (exact) mass is 271 g/mol. The van der Waals surface area contributed by atoms with E-state index in [2.05, 4.69) is 17.1 Å². The Kier molecular flexibility index (Phi) is 3.72. The lowest BCUT2D eigenvalue weighted by Gasteiger charge is -2.46. The van der Waals surface area contributed by atoms with Crippen LogP contribution in [-0.2, 0) is 0 Å². The molecule has 1 saturated heterocycles. The molecular formula is C19H29N. The third kappa shape index (κ3) is 2.39. The van der Waals surface area contributed by atoms with Gasteiger partial charge in [0.2, 0.25) is 0 Å². The molecule has 3 atom stereocenters. The lowest BCUT2D eigenvalue weighted by Crippen LogP contribution is -2.44. The van der Waals surface area contributed by atoms with Crippen LogP contribution in [0.3, 0.4) is 0 Å². The molecule has 110 valence electrons. The lowest BCUT2D eigenvalue weighted by molar-refractivity contribution is 0.0851. The van der Waals surface area contributed by atoms with Crippen LogP contribution < -0.4 is 0 Å². The molecule has 0 bridgehead atoms. The number of nitrogens with zero attached hydrogens (tertiary/aromatic N) is 1. The average Bonchev–Trinajstić information content (AvgIpc) is 2.55. The van der Waals surface area contributed by atoms with Crippen molar-refractivity contribution in [3.05, 3.63) is 23.3 Å². The van der Waals surface area contributed by atoms with Gasteiger partial charge in [-0.05, 0) is 82.7 Å². The van der Waals surface area contributed by atoms with Gasteiger partial charge in [-0.1, -0.05) is 29.7 Å². The highest BCUT2D eigenvalue weighted by Gasteiger charge is 2.38. The van der Waals surface area contributed by atoms with Gasteiger partial charge < -0.3 is 4.90 Å². The van der Waals surface area contributed by atoms with E-state index in [1.807, 2.05) is 11.1 Å². The fourth-order valence-electron chi connectivity index (χ4n) is 5.35. The van der Waals surface area contributed by atoms with Gasteiger partial charge in [-0.15, -0.1) is 0 Å². The van der Waals surface area contributed by atoms with Crippen LogP contribution in [0.1, 0.15) is 64.2 Å². The number of hydrogen-bond acceptors (Lipinski definition) is 1. The Morgan fingerprint density at radius 3 is 2.65 bits per heavy atom. The highest BCUT2D eigenvalue weighted by atomic mass is 15.2. The highest BCUT2D eigenvalue weighted by molar-refractivity contribution is 5.29. The molecule has 0 spiro atoms. The Hall–Kier alpha value is -0.560. The molecule has 1 saturated carbocycles. The number of hydrogen-bond donors (Lipinski definition) is 0. The van der Waals surface area contributed by atoms with Crippen LogP contribution in [0.4, 0.5) is 0 Å². The van der Waals surface area contributed by atoms with Crippen molar-refractivity contribution in [2.75, 3.05) is 13.1 Å². The summed E-state index contributed by atoms with van der Waals surface area (Å²) in [6.07, 6.45) is 19.1. The molecule has 0 N–H and O–H groups in total. The second-order valence-electron chi connectivity index (χ2n) is 7.48. The SMILES string of the molecule is C1=CCC2=C(C1)CCC1CCC(N3CCCCC3)CC21. The summed E-state index contributed by atoms with van der Waals surface area (Å²) >= 11 is 0. The van der Waals surface area contributed by atoms with E-state index in [4.69, 9.17) is 0 Å². The highest BCUT2D eigenvalue weighted by Crippen LogP contribution is 2.47. The third-order valence-electron chi connectivity index (χ3n) is 6.46. The third-order valence-corrected chi connectivity index (χ3v) is 6.46. The molecule has 3 unspecified atom stereocenters. The van der Waals surface area contributed by atoms with Crippen LogP contribution in [0.2, 0.25) is 0 Å². The van der Waals surface area contributed by atoms with Crippen molar-refractivity contribution in [1.29, 1.82) is 0 Å². The van der Waals surface area contributed by atoms with Gasteiger partial charge in [0.1, 0.15) is 0 Å². The van der Waals surface area contributed by atoms with Gasteiger partial charge in [0, 0.05) is 6.04 Å². The minimum Gasteiger partial charge on any atom is -0.300 e. The summed E-state index contributed by atoms with van der Waals surface area (Å²) in [5, 5.41) is 0. The standard InChI is InChI=1S/C19H29N/c1-4-12-20(13-5-1)17-11-10-16-9-8-15-6-2-3-7-18(15)19(16)14-17/h2-3,16-17,19H,1,4-14H2. The minimum absolute atomic E-state index is 0.911. The quantitative estimate of drug-likeness (QED) is 0.625. The topological polar surface area (TPSA) is 3.24 Å². The van der Waals surface area contributed by atoms with Crippen molar-refractivity contribution in [2.24, 2.45) is 11.8 Å². The summed E-state index contributed by atoms with van der Waals surface area (Å²) in [4.78, 5) is 2.84. The predicted octanol–water partition coefficient (Wildman–Crippen LogP) is 4.70. The fraction of sp³-hybridized carbons (Fsp3) is 0.789. The van der Waals surface area contributed by atoms with E-state index in [1.54, 1.807) is 0 Å². The molecule has 0 aromatic rings. The second kappa shape index (κ2) is 5.67. The molecular weight excluding hydrogens is 242 g/mol. The van der Waals surface area contributed by atoms with Gasteiger partial charge in [0.15, 0.2) is 0 Å². The summed E-state index contributed by atoms with van der Waals surface area (Å²) in [6, 6.07) is 0.911. The van der Waals surface area contributed by atoms with Gasteiger partial charge in [-0.3, -0.25) is 0 Å². The zero-order valence-corrected chi connectivity index (χ0v) is 12.8. The molecule has 20 heavy (non-hydrogen) atoms. The van der Waals surface area contributed by atoms with Crippen LogP contribution >= 0.6 is 0 Å². The van der Waals surface area contributed by atoms with Crippen LogP contribution in [0.5, 0.6) is 0 Å². The molecule has 0 radical (unpaired) electrons. The molecule has 4 aliphatic rings. The maximum atomic E-state index is 2.84. The summed E-state index contributed by atoms with van der Waals surface area (Å²) in [5.41, 5.74) is 3.71. The molecule has 0 aromatic heterocycles. The number of piperidine rings is 1. The fourth-order valence-corrected chi connectivity index (χ4v) is 5.35. The van der Waals surface area contributed by atoms with E-state index in [0.29, 0.717) is 0 Å². The van der Waals surface area contributed by atoms with Crippen LogP contribution in [0, 0.1) is 11.8 Å². The molecule has 1 heterocycles. The van der Waals surface area contributed by atoms with E-state index in [9.17, 15) is 0 Å². The second-order valence-corrected chi connectivity index (χ2v) is 7.48. The smallest absolute Gasteiger partial charge is 0.0101 e. The zero-order valence-electron chi connectivity index (χ0n) is 12.8. The van der Waals surface area contributed by atoms with Crippen molar-refractivity contribution >= 4 is 0 Å². The van der Waals surface area contributed by atoms with Crippen molar-refractivity contribution < 1.29 is 0 Å².